The molecule has 0 aliphatic heterocycles. The fraction of sp³-hybridized carbons (Fsp3) is 0.150. The average Bonchev–Trinajstić information content (AvgIpc) is 2.63. The molecular formula is C20H17BrINO2. The molecule has 25 heavy (non-hydrogen) atoms. The molecule has 0 aliphatic carbocycles. The molecule has 0 radical (unpaired) electrons. The van der Waals surface area contributed by atoms with Gasteiger partial charge in [-0.1, -0.05) is 31.2 Å². The van der Waals surface area contributed by atoms with Gasteiger partial charge >= 0.3 is 0 Å². The van der Waals surface area contributed by atoms with Crippen LogP contribution in [0.15, 0.2) is 53.0 Å². The maximum atomic E-state index is 12.9. The van der Waals surface area contributed by atoms with Crippen LogP contribution in [0.3, 0.4) is 0 Å². The van der Waals surface area contributed by atoms with E-state index in [0.717, 1.165) is 36.5 Å². The van der Waals surface area contributed by atoms with E-state index in [-0.39, 0.29) is 5.91 Å². The molecule has 128 valence electrons. The Kier molecular flexibility index (Phi) is 5.64. The van der Waals surface area contributed by atoms with E-state index in [1.165, 1.54) is 0 Å². The van der Waals surface area contributed by atoms with Crippen molar-refractivity contribution in [1.29, 1.82) is 0 Å². The van der Waals surface area contributed by atoms with Gasteiger partial charge in [-0.2, -0.15) is 0 Å². The van der Waals surface area contributed by atoms with E-state index < -0.39 is 0 Å². The Labute approximate surface area is 169 Å². The van der Waals surface area contributed by atoms with Gasteiger partial charge in [0, 0.05) is 9.26 Å². The van der Waals surface area contributed by atoms with E-state index in [4.69, 9.17) is 4.74 Å². The zero-order valence-electron chi connectivity index (χ0n) is 13.9. The van der Waals surface area contributed by atoms with Crippen LogP contribution >= 0.6 is 38.5 Å². The number of fused-ring (bicyclic) bond motifs is 1. The molecule has 0 heterocycles. The molecule has 0 spiro atoms. The van der Waals surface area contributed by atoms with Crippen molar-refractivity contribution in [3.63, 3.8) is 0 Å². The molecule has 0 bridgehead atoms. The van der Waals surface area contributed by atoms with Crippen LogP contribution in [-0.2, 0) is 6.42 Å². The molecule has 3 aromatic rings. The summed E-state index contributed by atoms with van der Waals surface area (Å²) in [5.41, 5.74) is 2.45. The Morgan fingerprint density at radius 2 is 1.96 bits per heavy atom. The van der Waals surface area contributed by atoms with Crippen LogP contribution in [0, 0.1) is 3.57 Å². The topological polar surface area (TPSA) is 38.3 Å². The molecule has 0 aliphatic rings. The normalized spacial score (nSPS) is 10.7. The van der Waals surface area contributed by atoms with E-state index >= 15 is 0 Å². The first-order valence-electron chi connectivity index (χ1n) is 7.90. The lowest BCUT2D eigenvalue weighted by molar-refractivity contribution is 0.102. The molecule has 0 atom stereocenters. The zero-order valence-corrected chi connectivity index (χ0v) is 17.6. The summed E-state index contributed by atoms with van der Waals surface area (Å²) in [6.07, 6.45) is 0.852. The van der Waals surface area contributed by atoms with Gasteiger partial charge in [-0.15, -0.1) is 0 Å². The second-order valence-corrected chi connectivity index (χ2v) is 7.64. The highest BCUT2D eigenvalue weighted by molar-refractivity contribution is 14.1. The predicted molar refractivity (Wildman–Crippen MR) is 115 cm³/mol. The van der Waals surface area contributed by atoms with Crippen molar-refractivity contribution >= 4 is 60.9 Å². The number of carbonyl (C=O) groups is 1. The zero-order chi connectivity index (χ0) is 18.0. The van der Waals surface area contributed by atoms with Crippen LogP contribution in [0.4, 0.5) is 5.69 Å². The molecule has 3 nitrogen and oxygen atoms in total. The van der Waals surface area contributed by atoms with Gasteiger partial charge in [-0.25, -0.2) is 0 Å². The van der Waals surface area contributed by atoms with E-state index in [0.29, 0.717) is 11.3 Å². The van der Waals surface area contributed by atoms with Crippen LogP contribution in [0.1, 0.15) is 22.8 Å². The molecule has 1 N–H and O–H groups in total. The molecule has 0 fully saturated rings. The molecule has 3 rings (SSSR count). The summed E-state index contributed by atoms with van der Waals surface area (Å²) in [5.74, 6) is 0.360. The lowest BCUT2D eigenvalue weighted by Gasteiger charge is -2.15. The third kappa shape index (κ3) is 3.67. The molecule has 0 saturated carbocycles. The first-order chi connectivity index (χ1) is 12.0. The smallest absolute Gasteiger partial charge is 0.259 e. The first-order valence-corrected chi connectivity index (χ1v) is 9.77. The van der Waals surface area contributed by atoms with Crippen molar-refractivity contribution in [3.05, 3.63) is 67.7 Å². The van der Waals surface area contributed by atoms with Crippen molar-refractivity contribution in [2.45, 2.75) is 13.3 Å². The second kappa shape index (κ2) is 7.74. The van der Waals surface area contributed by atoms with Gasteiger partial charge in [0.05, 0.1) is 17.1 Å². The highest BCUT2D eigenvalue weighted by Gasteiger charge is 2.19. The molecule has 3 aromatic carbocycles. The Balaban J connectivity index is 2.05. The van der Waals surface area contributed by atoms with E-state index in [9.17, 15) is 4.79 Å². The van der Waals surface area contributed by atoms with Crippen LogP contribution in [0.25, 0.3) is 10.8 Å². The number of benzene rings is 3. The minimum absolute atomic E-state index is 0.181. The number of methoxy groups -OCH3 is 1. The van der Waals surface area contributed by atoms with Gasteiger partial charge in [-0.05, 0) is 85.5 Å². The summed E-state index contributed by atoms with van der Waals surface area (Å²) in [4.78, 5) is 12.9. The summed E-state index contributed by atoms with van der Waals surface area (Å²) in [7, 11) is 1.58. The van der Waals surface area contributed by atoms with E-state index in [1.54, 1.807) is 7.11 Å². The quantitative estimate of drug-likeness (QED) is 0.436. The highest BCUT2D eigenvalue weighted by Crippen LogP contribution is 2.37. The molecule has 0 saturated heterocycles. The van der Waals surface area contributed by atoms with Gasteiger partial charge in [0.15, 0.2) is 0 Å². The van der Waals surface area contributed by atoms with Crippen molar-refractivity contribution in [3.8, 4) is 5.75 Å². The summed E-state index contributed by atoms with van der Waals surface area (Å²) in [6.45, 7) is 2.08. The SMILES string of the molecule is CCc1cc(I)ccc1NC(=O)c1cc2ccccc2c(Br)c1OC. The lowest BCUT2D eigenvalue weighted by Crippen LogP contribution is -2.15. The van der Waals surface area contributed by atoms with Gasteiger partial charge in [0.25, 0.3) is 5.91 Å². The fourth-order valence-corrected chi connectivity index (χ4v) is 4.11. The number of carbonyl (C=O) groups excluding carboxylic acids is 1. The standard InChI is InChI=1S/C20H17BrINO2/c1-3-12-10-14(22)8-9-17(12)23-20(24)16-11-13-6-4-5-7-15(13)18(21)19(16)25-2/h4-11H,3H2,1-2H3,(H,23,24). The van der Waals surface area contributed by atoms with Crippen molar-refractivity contribution in [2.75, 3.05) is 12.4 Å². The first kappa shape index (κ1) is 18.2. The number of amides is 1. The summed E-state index contributed by atoms with van der Waals surface area (Å²) in [6, 6.07) is 15.8. The maximum absolute atomic E-state index is 12.9. The predicted octanol–water partition coefficient (Wildman–Crippen LogP) is 6.03. The Hall–Kier alpha value is -1.60. The molecule has 5 heteroatoms. The van der Waals surface area contributed by atoms with Gasteiger partial charge in [0.2, 0.25) is 0 Å². The number of ether oxygens (including phenoxy) is 1. The summed E-state index contributed by atoms with van der Waals surface area (Å²) < 4.78 is 7.45. The van der Waals surface area contributed by atoms with Gasteiger partial charge in [0.1, 0.15) is 5.75 Å². The molecule has 0 unspecified atom stereocenters. The number of halogens is 2. The lowest BCUT2D eigenvalue weighted by atomic mass is 10.0. The Morgan fingerprint density at radius 1 is 1.20 bits per heavy atom. The second-order valence-electron chi connectivity index (χ2n) is 5.60. The van der Waals surface area contributed by atoms with Crippen LogP contribution in [0.2, 0.25) is 0 Å². The fourth-order valence-electron chi connectivity index (χ4n) is 2.82. The monoisotopic (exact) mass is 509 g/mol. The molecule has 1 amide bonds. The van der Waals surface area contributed by atoms with Crippen molar-refractivity contribution < 1.29 is 9.53 Å². The minimum atomic E-state index is -0.181. The summed E-state index contributed by atoms with van der Waals surface area (Å²) in [5, 5.41) is 5.03. The third-order valence-electron chi connectivity index (χ3n) is 4.09. The Morgan fingerprint density at radius 3 is 2.68 bits per heavy atom. The van der Waals surface area contributed by atoms with Crippen LogP contribution in [-0.4, -0.2) is 13.0 Å². The molecule has 0 aromatic heterocycles. The maximum Gasteiger partial charge on any atom is 0.259 e. The third-order valence-corrected chi connectivity index (χ3v) is 5.54. The van der Waals surface area contributed by atoms with Gasteiger partial charge < -0.3 is 10.1 Å². The largest absolute Gasteiger partial charge is 0.495 e. The Bertz CT molecular complexity index is 956. The van der Waals surface area contributed by atoms with Crippen molar-refractivity contribution in [1.82, 2.24) is 0 Å². The number of aryl methyl sites for hydroxylation is 1. The summed E-state index contributed by atoms with van der Waals surface area (Å²) >= 11 is 5.86. The van der Waals surface area contributed by atoms with Crippen LogP contribution in [0.5, 0.6) is 5.75 Å². The van der Waals surface area contributed by atoms with Crippen LogP contribution < -0.4 is 10.1 Å². The van der Waals surface area contributed by atoms with Crippen molar-refractivity contribution in [2.24, 2.45) is 0 Å². The average molecular weight is 510 g/mol. The van der Waals surface area contributed by atoms with E-state index in [1.807, 2.05) is 42.5 Å². The van der Waals surface area contributed by atoms with E-state index in [2.05, 4.69) is 56.8 Å². The number of hydrogen-bond acceptors (Lipinski definition) is 2. The molecular weight excluding hydrogens is 493 g/mol. The number of anilines is 1. The number of nitrogens with one attached hydrogen (secondary N) is 1. The number of hydrogen-bond donors (Lipinski definition) is 1. The number of rotatable bonds is 4. The van der Waals surface area contributed by atoms with Gasteiger partial charge in [-0.3, -0.25) is 4.79 Å². The minimum Gasteiger partial charge on any atom is -0.495 e. The highest BCUT2D eigenvalue weighted by atomic mass is 127.